The molecule has 0 bridgehead atoms. The third-order valence-electron chi connectivity index (χ3n) is 2.88. The Morgan fingerprint density at radius 3 is 2.83 bits per heavy atom. The van der Waals surface area contributed by atoms with Crippen molar-refractivity contribution in [3.63, 3.8) is 0 Å². The Balaban J connectivity index is 2.86. The second-order valence-electron chi connectivity index (χ2n) is 3.95. The summed E-state index contributed by atoms with van der Waals surface area (Å²) in [7, 11) is 1.41. The van der Waals surface area contributed by atoms with Crippen LogP contribution in [0.5, 0.6) is 0 Å². The van der Waals surface area contributed by atoms with E-state index >= 15 is 0 Å². The number of aromatic nitrogens is 2. The highest BCUT2D eigenvalue weighted by atomic mass is 19.1. The van der Waals surface area contributed by atoms with Gasteiger partial charge in [-0.1, -0.05) is 0 Å². The second kappa shape index (κ2) is 5.89. The molecule has 8 heteroatoms. The standard InChI is InChI=1S/C10H17FN4O3/c1-18-10(5-12,6-16)2-3-15-4-7(11)8(13)14-9(15)17/h4,16H,2-3,5-6,12H2,1H3,(H2,13,14,17)/t10-/m1/s1. The number of nitrogens with zero attached hydrogens (tertiary/aromatic N) is 2. The minimum absolute atomic E-state index is 0.0830. The number of aliphatic hydroxyl groups is 1. The fraction of sp³-hybridized carbons (Fsp3) is 0.600. The van der Waals surface area contributed by atoms with E-state index in [1.165, 1.54) is 7.11 Å². The van der Waals surface area contributed by atoms with Gasteiger partial charge in [0.25, 0.3) is 0 Å². The Morgan fingerprint density at radius 2 is 2.33 bits per heavy atom. The largest absolute Gasteiger partial charge is 0.393 e. The molecule has 0 aliphatic rings. The number of anilines is 1. The number of methoxy groups -OCH3 is 1. The molecule has 5 N–H and O–H groups in total. The average molecular weight is 260 g/mol. The number of ether oxygens (including phenoxy) is 1. The van der Waals surface area contributed by atoms with Crippen LogP contribution in [-0.4, -0.2) is 40.5 Å². The van der Waals surface area contributed by atoms with E-state index in [1.807, 2.05) is 0 Å². The molecule has 18 heavy (non-hydrogen) atoms. The molecule has 0 radical (unpaired) electrons. The smallest absolute Gasteiger partial charge is 0.349 e. The Labute approximate surface area is 103 Å². The van der Waals surface area contributed by atoms with Gasteiger partial charge in [0.2, 0.25) is 0 Å². The topological polar surface area (TPSA) is 116 Å². The third-order valence-corrected chi connectivity index (χ3v) is 2.88. The van der Waals surface area contributed by atoms with E-state index in [0.717, 1.165) is 10.8 Å². The molecule has 102 valence electrons. The molecule has 7 nitrogen and oxygen atoms in total. The van der Waals surface area contributed by atoms with Gasteiger partial charge in [-0.25, -0.2) is 9.18 Å². The zero-order valence-corrected chi connectivity index (χ0v) is 10.1. The van der Waals surface area contributed by atoms with Gasteiger partial charge in [0.1, 0.15) is 5.60 Å². The molecule has 1 rings (SSSR count). The number of aryl methyl sites for hydroxylation is 1. The Bertz CT molecular complexity index is 451. The minimum atomic E-state index is -0.947. The van der Waals surface area contributed by atoms with Crippen molar-refractivity contribution < 1.29 is 14.2 Å². The maximum Gasteiger partial charge on any atom is 0.349 e. The molecule has 0 saturated heterocycles. The van der Waals surface area contributed by atoms with Crippen molar-refractivity contribution >= 4 is 5.82 Å². The quantitative estimate of drug-likeness (QED) is 0.585. The highest BCUT2D eigenvalue weighted by molar-refractivity contribution is 5.26. The van der Waals surface area contributed by atoms with Gasteiger partial charge < -0.3 is 21.3 Å². The molecular weight excluding hydrogens is 243 g/mol. The van der Waals surface area contributed by atoms with E-state index in [4.69, 9.17) is 16.2 Å². The summed E-state index contributed by atoms with van der Waals surface area (Å²) in [5.74, 6) is -1.20. The second-order valence-corrected chi connectivity index (χ2v) is 3.95. The van der Waals surface area contributed by atoms with Crippen LogP contribution in [0.15, 0.2) is 11.0 Å². The summed E-state index contributed by atoms with van der Waals surface area (Å²) in [6.45, 7) is -0.0894. The summed E-state index contributed by atoms with van der Waals surface area (Å²) in [5, 5.41) is 9.22. The van der Waals surface area contributed by atoms with Crippen LogP contribution in [0.2, 0.25) is 0 Å². The number of aliphatic hydroxyl groups excluding tert-OH is 1. The van der Waals surface area contributed by atoms with E-state index in [2.05, 4.69) is 4.98 Å². The van der Waals surface area contributed by atoms with Gasteiger partial charge in [-0.15, -0.1) is 0 Å². The van der Waals surface area contributed by atoms with Gasteiger partial charge in [-0.05, 0) is 6.42 Å². The Morgan fingerprint density at radius 1 is 1.67 bits per heavy atom. The highest BCUT2D eigenvalue weighted by Gasteiger charge is 2.27. The van der Waals surface area contributed by atoms with Crippen LogP contribution in [0, 0.1) is 5.82 Å². The van der Waals surface area contributed by atoms with Crippen molar-refractivity contribution in [2.75, 3.05) is 26.0 Å². The molecular formula is C10H17FN4O3. The van der Waals surface area contributed by atoms with Crippen LogP contribution >= 0.6 is 0 Å². The number of rotatable bonds is 6. The lowest BCUT2D eigenvalue weighted by Crippen LogP contribution is -2.45. The zero-order valence-electron chi connectivity index (χ0n) is 10.1. The van der Waals surface area contributed by atoms with Crippen LogP contribution in [0.4, 0.5) is 10.2 Å². The van der Waals surface area contributed by atoms with Gasteiger partial charge in [-0.2, -0.15) is 4.98 Å². The summed E-state index contributed by atoms with van der Waals surface area (Å²) in [4.78, 5) is 14.8. The van der Waals surface area contributed by atoms with Crippen molar-refractivity contribution in [1.82, 2.24) is 9.55 Å². The molecule has 1 heterocycles. The lowest BCUT2D eigenvalue weighted by molar-refractivity contribution is -0.0531. The maximum atomic E-state index is 13.2. The van der Waals surface area contributed by atoms with E-state index in [1.54, 1.807) is 0 Å². The molecule has 0 aliphatic carbocycles. The number of nitrogen functional groups attached to an aromatic ring is 1. The van der Waals surface area contributed by atoms with Gasteiger partial charge in [0, 0.05) is 26.4 Å². The Kier molecular flexibility index (Phi) is 4.76. The number of hydrogen-bond acceptors (Lipinski definition) is 6. The van der Waals surface area contributed by atoms with Crippen molar-refractivity contribution in [3.8, 4) is 0 Å². The molecule has 0 fully saturated rings. The number of halogens is 1. The average Bonchev–Trinajstić information content (AvgIpc) is 2.37. The molecule has 0 aromatic carbocycles. The van der Waals surface area contributed by atoms with E-state index in [0.29, 0.717) is 0 Å². The molecule has 0 saturated carbocycles. The van der Waals surface area contributed by atoms with E-state index < -0.39 is 22.9 Å². The fourth-order valence-corrected chi connectivity index (χ4v) is 1.46. The predicted octanol–water partition coefficient (Wildman–Crippen LogP) is -1.31. The van der Waals surface area contributed by atoms with Gasteiger partial charge in [-0.3, -0.25) is 4.57 Å². The molecule has 1 aromatic rings. The normalized spacial score (nSPS) is 14.4. The minimum Gasteiger partial charge on any atom is -0.393 e. The van der Waals surface area contributed by atoms with Crippen molar-refractivity contribution in [1.29, 1.82) is 0 Å². The third kappa shape index (κ3) is 3.03. The monoisotopic (exact) mass is 260 g/mol. The van der Waals surface area contributed by atoms with E-state index in [-0.39, 0.29) is 26.1 Å². The lowest BCUT2D eigenvalue weighted by atomic mass is 10.0. The first-order valence-corrected chi connectivity index (χ1v) is 5.36. The van der Waals surface area contributed by atoms with Crippen LogP contribution < -0.4 is 17.2 Å². The van der Waals surface area contributed by atoms with Crippen LogP contribution in [0.25, 0.3) is 0 Å². The van der Waals surface area contributed by atoms with Crippen LogP contribution in [0.3, 0.4) is 0 Å². The predicted molar refractivity (Wildman–Crippen MR) is 63.4 cm³/mol. The van der Waals surface area contributed by atoms with Crippen molar-refractivity contribution in [2.45, 2.75) is 18.6 Å². The van der Waals surface area contributed by atoms with E-state index in [9.17, 15) is 14.3 Å². The maximum absolute atomic E-state index is 13.2. The summed E-state index contributed by atoms with van der Waals surface area (Å²) in [6, 6.07) is 0. The molecule has 0 spiro atoms. The lowest BCUT2D eigenvalue weighted by Gasteiger charge is -2.28. The zero-order chi connectivity index (χ0) is 13.8. The Hall–Kier alpha value is -1.51. The van der Waals surface area contributed by atoms with Crippen LogP contribution in [-0.2, 0) is 11.3 Å². The fourth-order valence-electron chi connectivity index (χ4n) is 1.46. The van der Waals surface area contributed by atoms with Gasteiger partial charge in [0.05, 0.1) is 6.61 Å². The van der Waals surface area contributed by atoms with Crippen LogP contribution in [0.1, 0.15) is 6.42 Å². The first kappa shape index (κ1) is 14.6. The summed E-state index contributed by atoms with van der Waals surface area (Å²) in [5.41, 5.74) is 9.06. The SMILES string of the molecule is CO[C@](CN)(CO)CCn1cc(F)c(N)nc1=O. The van der Waals surface area contributed by atoms with Crippen molar-refractivity contribution in [2.24, 2.45) is 5.73 Å². The molecule has 1 aromatic heterocycles. The summed E-state index contributed by atoms with van der Waals surface area (Å²) >= 11 is 0. The molecule has 0 aliphatic heterocycles. The number of hydrogen-bond donors (Lipinski definition) is 3. The van der Waals surface area contributed by atoms with Gasteiger partial charge >= 0.3 is 5.69 Å². The molecule has 0 amide bonds. The van der Waals surface area contributed by atoms with Crippen molar-refractivity contribution in [3.05, 3.63) is 22.5 Å². The first-order chi connectivity index (χ1) is 8.48. The summed E-state index contributed by atoms with van der Waals surface area (Å²) < 4.78 is 19.4. The molecule has 1 atom stereocenters. The highest BCUT2D eigenvalue weighted by Crippen LogP contribution is 2.14. The van der Waals surface area contributed by atoms with Gasteiger partial charge in [0.15, 0.2) is 11.6 Å². The molecule has 0 unspecified atom stereocenters. The summed E-state index contributed by atoms with van der Waals surface area (Å²) in [6.07, 6.45) is 1.22. The first-order valence-electron chi connectivity index (χ1n) is 5.36. The number of nitrogens with two attached hydrogens (primary N) is 2.